The molecule has 1 N–H and O–H groups in total. The third kappa shape index (κ3) is 4.30. The Labute approximate surface area is 81.1 Å². The van der Waals surface area contributed by atoms with Crippen LogP contribution in [0.1, 0.15) is 52.9 Å². The van der Waals surface area contributed by atoms with Gasteiger partial charge in [0.05, 0.1) is 0 Å². The van der Waals surface area contributed by atoms with E-state index in [9.17, 15) is 4.79 Å². The summed E-state index contributed by atoms with van der Waals surface area (Å²) in [6.07, 6.45) is 5.30. The molecule has 0 bridgehead atoms. The van der Waals surface area contributed by atoms with Crippen LogP contribution in [-0.4, -0.2) is 11.9 Å². The van der Waals surface area contributed by atoms with Crippen molar-refractivity contribution in [2.75, 3.05) is 0 Å². The van der Waals surface area contributed by atoms with Gasteiger partial charge in [-0.05, 0) is 31.1 Å². The average molecular weight is 183 g/mol. The molecule has 0 heterocycles. The van der Waals surface area contributed by atoms with Gasteiger partial charge in [-0.25, -0.2) is 0 Å². The average Bonchev–Trinajstić information content (AvgIpc) is 1.91. The molecule has 0 aromatic carbocycles. The minimum Gasteiger partial charge on any atom is -0.353 e. The van der Waals surface area contributed by atoms with E-state index in [2.05, 4.69) is 26.1 Å². The zero-order chi connectivity index (χ0) is 9.90. The maximum absolute atomic E-state index is 11.4. The van der Waals surface area contributed by atoms with Crippen LogP contribution in [0.5, 0.6) is 0 Å². The van der Waals surface area contributed by atoms with Gasteiger partial charge in [-0.15, -0.1) is 0 Å². The highest BCUT2D eigenvalue weighted by atomic mass is 16.1. The summed E-state index contributed by atoms with van der Waals surface area (Å²) in [5.74, 6) is 0.236. The van der Waals surface area contributed by atoms with Gasteiger partial charge in [0.1, 0.15) is 0 Å². The molecule has 0 aromatic heterocycles. The molecule has 2 heteroatoms. The zero-order valence-corrected chi connectivity index (χ0v) is 9.02. The fraction of sp³-hybridized carbons (Fsp3) is 0.909. The van der Waals surface area contributed by atoms with E-state index in [0.29, 0.717) is 12.5 Å². The minimum atomic E-state index is 0.236. The smallest absolute Gasteiger partial charge is 0.220 e. The van der Waals surface area contributed by atoms with Gasteiger partial charge >= 0.3 is 0 Å². The van der Waals surface area contributed by atoms with Crippen LogP contribution in [0.15, 0.2) is 0 Å². The lowest BCUT2D eigenvalue weighted by atomic mass is 9.89. The van der Waals surface area contributed by atoms with Gasteiger partial charge in [-0.1, -0.05) is 20.8 Å². The Morgan fingerprint density at radius 1 is 1.38 bits per heavy atom. The Balaban J connectivity index is 2.10. The number of carbonyl (C=O) groups excluding carboxylic acids is 1. The SMILES string of the molecule is CC(C)(C)CCC(=O)NC1CCC1. The molecule has 2 nitrogen and oxygen atoms in total. The molecule has 13 heavy (non-hydrogen) atoms. The van der Waals surface area contributed by atoms with Gasteiger partial charge in [0.2, 0.25) is 5.91 Å². The topological polar surface area (TPSA) is 29.1 Å². The maximum atomic E-state index is 11.4. The molecular weight excluding hydrogens is 162 g/mol. The summed E-state index contributed by atoms with van der Waals surface area (Å²) in [5, 5.41) is 3.05. The van der Waals surface area contributed by atoms with Crippen LogP contribution in [0.3, 0.4) is 0 Å². The fourth-order valence-electron chi connectivity index (χ4n) is 1.34. The summed E-state index contributed by atoms with van der Waals surface area (Å²) in [6, 6.07) is 0.493. The van der Waals surface area contributed by atoms with Crippen molar-refractivity contribution < 1.29 is 4.79 Å². The van der Waals surface area contributed by atoms with E-state index >= 15 is 0 Å². The third-order valence-corrected chi connectivity index (χ3v) is 2.57. The van der Waals surface area contributed by atoms with Gasteiger partial charge in [-0.2, -0.15) is 0 Å². The molecule has 0 saturated heterocycles. The number of rotatable bonds is 3. The first kappa shape index (κ1) is 10.6. The Morgan fingerprint density at radius 2 is 2.00 bits per heavy atom. The summed E-state index contributed by atoms with van der Waals surface area (Å²) in [6.45, 7) is 6.51. The minimum absolute atomic E-state index is 0.236. The highest BCUT2D eigenvalue weighted by Gasteiger charge is 2.20. The van der Waals surface area contributed by atoms with Gasteiger partial charge in [0.15, 0.2) is 0 Å². The largest absolute Gasteiger partial charge is 0.353 e. The fourth-order valence-corrected chi connectivity index (χ4v) is 1.34. The number of amides is 1. The van der Waals surface area contributed by atoms with Gasteiger partial charge in [0, 0.05) is 12.5 Å². The predicted octanol–water partition coefficient (Wildman–Crippen LogP) is 2.48. The van der Waals surface area contributed by atoms with Crippen molar-refractivity contribution in [3.8, 4) is 0 Å². The quantitative estimate of drug-likeness (QED) is 0.715. The van der Waals surface area contributed by atoms with Crippen LogP contribution in [0, 0.1) is 5.41 Å². The van der Waals surface area contributed by atoms with Crippen molar-refractivity contribution in [2.24, 2.45) is 5.41 Å². The van der Waals surface area contributed by atoms with E-state index in [1.54, 1.807) is 0 Å². The predicted molar refractivity (Wildman–Crippen MR) is 54.5 cm³/mol. The second-order valence-corrected chi connectivity index (χ2v) is 5.26. The molecule has 1 saturated carbocycles. The Morgan fingerprint density at radius 3 is 2.38 bits per heavy atom. The second kappa shape index (κ2) is 4.12. The number of nitrogens with one attached hydrogen (secondary N) is 1. The van der Waals surface area contributed by atoms with Crippen molar-refractivity contribution in [1.82, 2.24) is 5.32 Å². The lowest BCUT2D eigenvalue weighted by Gasteiger charge is -2.27. The summed E-state index contributed by atoms with van der Waals surface area (Å²) in [5.41, 5.74) is 0.275. The molecular formula is C11H21NO. The summed E-state index contributed by atoms with van der Waals surface area (Å²) in [4.78, 5) is 11.4. The van der Waals surface area contributed by atoms with Gasteiger partial charge < -0.3 is 5.32 Å². The van der Waals surface area contributed by atoms with E-state index in [0.717, 1.165) is 6.42 Å². The Hall–Kier alpha value is -0.530. The summed E-state index contributed by atoms with van der Waals surface area (Å²) in [7, 11) is 0. The molecule has 1 fully saturated rings. The van der Waals surface area contributed by atoms with E-state index in [4.69, 9.17) is 0 Å². The van der Waals surface area contributed by atoms with Crippen molar-refractivity contribution in [2.45, 2.75) is 58.9 Å². The van der Waals surface area contributed by atoms with E-state index in [1.807, 2.05) is 0 Å². The second-order valence-electron chi connectivity index (χ2n) is 5.26. The summed E-state index contributed by atoms with van der Waals surface area (Å²) >= 11 is 0. The van der Waals surface area contributed by atoms with E-state index < -0.39 is 0 Å². The van der Waals surface area contributed by atoms with Gasteiger partial charge in [0.25, 0.3) is 0 Å². The lowest BCUT2D eigenvalue weighted by Crippen LogP contribution is -2.39. The van der Waals surface area contributed by atoms with E-state index in [1.165, 1.54) is 19.3 Å². The zero-order valence-electron chi connectivity index (χ0n) is 9.02. The molecule has 76 valence electrons. The van der Waals surface area contributed by atoms with Crippen LogP contribution >= 0.6 is 0 Å². The van der Waals surface area contributed by atoms with Crippen LogP contribution in [0.25, 0.3) is 0 Å². The Bertz CT molecular complexity index is 177. The molecule has 1 aliphatic carbocycles. The highest BCUT2D eigenvalue weighted by Crippen LogP contribution is 2.21. The number of hydrogen-bond donors (Lipinski definition) is 1. The molecule has 1 amide bonds. The molecule has 0 spiro atoms. The molecule has 1 aliphatic rings. The first-order valence-electron chi connectivity index (χ1n) is 5.27. The molecule has 0 radical (unpaired) electrons. The summed E-state index contributed by atoms with van der Waals surface area (Å²) < 4.78 is 0. The molecule has 0 atom stereocenters. The van der Waals surface area contributed by atoms with Crippen LogP contribution < -0.4 is 5.32 Å². The van der Waals surface area contributed by atoms with Crippen molar-refractivity contribution >= 4 is 5.91 Å². The standard InChI is InChI=1S/C11H21NO/c1-11(2,3)8-7-10(13)12-9-5-4-6-9/h9H,4-8H2,1-3H3,(H,12,13). The van der Waals surface area contributed by atoms with Crippen LogP contribution in [-0.2, 0) is 4.79 Å². The van der Waals surface area contributed by atoms with Crippen LogP contribution in [0.2, 0.25) is 0 Å². The maximum Gasteiger partial charge on any atom is 0.220 e. The monoisotopic (exact) mass is 183 g/mol. The first-order valence-corrected chi connectivity index (χ1v) is 5.27. The normalized spacial score (nSPS) is 18.1. The molecule has 0 aromatic rings. The first-order chi connectivity index (χ1) is 5.97. The van der Waals surface area contributed by atoms with Crippen molar-refractivity contribution in [3.05, 3.63) is 0 Å². The molecule has 0 unspecified atom stereocenters. The number of carbonyl (C=O) groups is 1. The number of hydrogen-bond acceptors (Lipinski definition) is 1. The molecule has 1 rings (SSSR count). The highest BCUT2D eigenvalue weighted by molar-refractivity contribution is 5.76. The van der Waals surface area contributed by atoms with Crippen molar-refractivity contribution in [3.63, 3.8) is 0 Å². The third-order valence-electron chi connectivity index (χ3n) is 2.57. The molecule has 0 aliphatic heterocycles. The van der Waals surface area contributed by atoms with Gasteiger partial charge in [-0.3, -0.25) is 4.79 Å². The van der Waals surface area contributed by atoms with Crippen LogP contribution in [0.4, 0.5) is 0 Å². The lowest BCUT2D eigenvalue weighted by molar-refractivity contribution is -0.122. The van der Waals surface area contributed by atoms with Crippen molar-refractivity contribution in [1.29, 1.82) is 0 Å². The van der Waals surface area contributed by atoms with E-state index in [-0.39, 0.29) is 11.3 Å². The Kier molecular flexibility index (Phi) is 3.34.